The molecule has 2 rings (SSSR count). The Morgan fingerprint density at radius 1 is 1.52 bits per heavy atom. The molecule has 0 aliphatic heterocycles. The normalized spacial score (nSPS) is 24.4. The first-order valence-corrected chi connectivity index (χ1v) is 7.73. The first-order chi connectivity index (χ1) is 10.1. The SMILES string of the molecule is CCCNC1CC(Oc2cccc([N+](=O)[O-])c2Br)C1OC. The van der Waals surface area contributed by atoms with Gasteiger partial charge in [-0.3, -0.25) is 10.1 Å². The van der Waals surface area contributed by atoms with E-state index in [1.807, 2.05) is 0 Å². The van der Waals surface area contributed by atoms with Gasteiger partial charge in [0.15, 0.2) is 0 Å². The van der Waals surface area contributed by atoms with Crippen LogP contribution in [0.3, 0.4) is 0 Å². The van der Waals surface area contributed by atoms with Gasteiger partial charge < -0.3 is 14.8 Å². The maximum atomic E-state index is 10.9. The van der Waals surface area contributed by atoms with Crippen LogP contribution in [0.1, 0.15) is 19.8 Å². The van der Waals surface area contributed by atoms with Gasteiger partial charge in [-0.1, -0.05) is 13.0 Å². The van der Waals surface area contributed by atoms with Gasteiger partial charge in [-0.15, -0.1) is 0 Å². The van der Waals surface area contributed by atoms with E-state index in [-0.39, 0.29) is 23.9 Å². The molecule has 0 amide bonds. The van der Waals surface area contributed by atoms with Crippen molar-refractivity contribution in [3.05, 3.63) is 32.8 Å². The molecule has 1 aromatic carbocycles. The zero-order chi connectivity index (χ0) is 15.4. The van der Waals surface area contributed by atoms with Gasteiger partial charge in [0.05, 0.1) is 4.92 Å². The van der Waals surface area contributed by atoms with Crippen LogP contribution < -0.4 is 10.1 Å². The summed E-state index contributed by atoms with van der Waals surface area (Å²) in [6.45, 7) is 3.05. The number of rotatable bonds is 7. The molecule has 0 heterocycles. The van der Waals surface area contributed by atoms with E-state index < -0.39 is 4.92 Å². The molecule has 0 bridgehead atoms. The molecule has 1 saturated carbocycles. The molecule has 6 nitrogen and oxygen atoms in total. The lowest BCUT2D eigenvalue weighted by Crippen LogP contribution is -2.61. The summed E-state index contributed by atoms with van der Waals surface area (Å²) in [7, 11) is 1.66. The lowest BCUT2D eigenvalue weighted by atomic mass is 9.85. The van der Waals surface area contributed by atoms with E-state index >= 15 is 0 Å². The molecular weight excluding hydrogens is 340 g/mol. The summed E-state index contributed by atoms with van der Waals surface area (Å²) in [5, 5.41) is 14.3. The monoisotopic (exact) mass is 358 g/mol. The van der Waals surface area contributed by atoms with Gasteiger partial charge >= 0.3 is 0 Å². The second-order valence-corrected chi connectivity index (χ2v) is 5.79. The van der Waals surface area contributed by atoms with Gasteiger partial charge in [0, 0.05) is 25.6 Å². The highest BCUT2D eigenvalue weighted by Crippen LogP contribution is 2.37. The van der Waals surface area contributed by atoms with E-state index in [0.717, 1.165) is 19.4 Å². The minimum absolute atomic E-state index is 0.00134. The highest BCUT2D eigenvalue weighted by Gasteiger charge is 2.43. The molecule has 0 radical (unpaired) electrons. The van der Waals surface area contributed by atoms with Crippen molar-refractivity contribution >= 4 is 21.6 Å². The highest BCUT2D eigenvalue weighted by atomic mass is 79.9. The van der Waals surface area contributed by atoms with Gasteiger partial charge in [0.2, 0.25) is 0 Å². The first kappa shape index (κ1) is 16.2. The number of hydrogen-bond donors (Lipinski definition) is 1. The Morgan fingerprint density at radius 3 is 2.90 bits per heavy atom. The maximum Gasteiger partial charge on any atom is 0.287 e. The van der Waals surface area contributed by atoms with Gasteiger partial charge in [-0.05, 0) is 35.0 Å². The molecule has 1 fully saturated rings. The van der Waals surface area contributed by atoms with Crippen molar-refractivity contribution in [3.8, 4) is 5.75 Å². The number of nitrogens with one attached hydrogen (secondary N) is 1. The fourth-order valence-corrected chi connectivity index (χ4v) is 2.94. The van der Waals surface area contributed by atoms with Crippen molar-refractivity contribution in [1.82, 2.24) is 5.32 Å². The third kappa shape index (κ3) is 3.53. The van der Waals surface area contributed by atoms with Gasteiger partial charge in [0.1, 0.15) is 22.4 Å². The van der Waals surface area contributed by atoms with Crippen molar-refractivity contribution < 1.29 is 14.4 Å². The van der Waals surface area contributed by atoms with Crippen molar-refractivity contribution in [2.24, 2.45) is 0 Å². The Balaban J connectivity index is 2.03. The number of benzene rings is 1. The summed E-state index contributed by atoms with van der Waals surface area (Å²) >= 11 is 3.24. The molecule has 21 heavy (non-hydrogen) atoms. The van der Waals surface area contributed by atoms with Crippen LogP contribution in [0.15, 0.2) is 22.7 Å². The Bertz CT molecular complexity index is 512. The Morgan fingerprint density at radius 2 is 2.29 bits per heavy atom. The molecule has 1 aliphatic carbocycles. The van der Waals surface area contributed by atoms with Gasteiger partial charge in [0.25, 0.3) is 5.69 Å². The standard InChI is InChI=1S/C14H19BrN2O4/c1-3-7-16-9-8-12(14(9)20-2)21-11-6-4-5-10(13(11)15)17(18)19/h4-6,9,12,14,16H,3,7-8H2,1-2H3. The Hall–Kier alpha value is -1.18. The van der Waals surface area contributed by atoms with E-state index in [4.69, 9.17) is 9.47 Å². The largest absolute Gasteiger partial charge is 0.486 e. The van der Waals surface area contributed by atoms with Gasteiger partial charge in [-0.25, -0.2) is 0 Å². The second kappa shape index (κ2) is 7.20. The quantitative estimate of drug-likeness (QED) is 0.599. The molecule has 1 aliphatic rings. The van der Waals surface area contributed by atoms with Crippen molar-refractivity contribution in [3.63, 3.8) is 0 Å². The van der Waals surface area contributed by atoms with Crippen LogP contribution in [-0.2, 0) is 4.74 Å². The van der Waals surface area contributed by atoms with Gasteiger partial charge in [-0.2, -0.15) is 0 Å². The number of hydrogen-bond acceptors (Lipinski definition) is 5. The van der Waals surface area contributed by atoms with E-state index in [2.05, 4.69) is 28.2 Å². The molecule has 1 aromatic rings. The van der Waals surface area contributed by atoms with Crippen molar-refractivity contribution in [2.45, 2.75) is 38.0 Å². The van der Waals surface area contributed by atoms with Crippen LogP contribution in [0, 0.1) is 10.1 Å². The first-order valence-electron chi connectivity index (χ1n) is 6.94. The predicted molar refractivity (Wildman–Crippen MR) is 82.7 cm³/mol. The van der Waals surface area contributed by atoms with E-state index in [9.17, 15) is 10.1 Å². The summed E-state index contributed by atoms with van der Waals surface area (Å²) < 4.78 is 11.7. The maximum absolute atomic E-state index is 10.9. The summed E-state index contributed by atoms with van der Waals surface area (Å²) in [5.74, 6) is 0.477. The zero-order valence-corrected chi connectivity index (χ0v) is 13.6. The fourth-order valence-electron chi connectivity index (χ4n) is 2.44. The number of halogens is 1. The average Bonchev–Trinajstić information content (AvgIpc) is 2.43. The third-order valence-corrected chi connectivity index (χ3v) is 4.39. The van der Waals surface area contributed by atoms with Crippen LogP contribution in [0.25, 0.3) is 0 Å². The smallest absolute Gasteiger partial charge is 0.287 e. The molecule has 116 valence electrons. The van der Waals surface area contributed by atoms with E-state index in [0.29, 0.717) is 10.2 Å². The molecule has 1 N–H and O–H groups in total. The highest BCUT2D eigenvalue weighted by molar-refractivity contribution is 9.10. The van der Waals surface area contributed by atoms with Crippen LogP contribution in [0.5, 0.6) is 5.75 Å². The van der Waals surface area contributed by atoms with E-state index in [1.54, 1.807) is 19.2 Å². The summed E-state index contributed by atoms with van der Waals surface area (Å²) in [4.78, 5) is 10.5. The van der Waals surface area contributed by atoms with Crippen molar-refractivity contribution in [2.75, 3.05) is 13.7 Å². The minimum atomic E-state index is -0.433. The number of methoxy groups -OCH3 is 1. The predicted octanol–water partition coefficient (Wildman–Crippen LogP) is 2.89. The van der Waals surface area contributed by atoms with Crippen LogP contribution in [-0.4, -0.2) is 36.8 Å². The lowest BCUT2D eigenvalue weighted by Gasteiger charge is -2.43. The molecule has 0 spiro atoms. The summed E-state index contributed by atoms with van der Waals surface area (Å²) in [6.07, 6.45) is 1.76. The van der Waals surface area contributed by atoms with Crippen LogP contribution >= 0.6 is 15.9 Å². The minimum Gasteiger partial charge on any atom is -0.486 e. The number of ether oxygens (including phenoxy) is 2. The van der Waals surface area contributed by atoms with Crippen LogP contribution in [0.4, 0.5) is 5.69 Å². The molecule has 0 saturated heterocycles. The number of nitro benzene ring substituents is 1. The summed E-state index contributed by atoms with van der Waals surface area (Å²) in [6, 6.07) is 5.05. The molecular formula is C14H19BrN2O4. The molecule has 7 heteroatoms. The van der Waals surface area contributed by atoms with Crippen molar-refractivity contribution in [1.29, 1.82) is 0 Å². The molecule has 3 atom stereocenters. The van der Waals surface area contributed by atoms with Crippen LogP contribution in [0.2, 0.25) is 0 Å². The zero-order valence-electron chi connectivity index (χ0n) is 12.0. The lowest BCUT2D eigenvalue weighted by molar-refractivity contribution is -0.385. The fraction of sp³-hybridized carbons (Fsp3) is 0.571. The molecule has 0 aromatic heterocycles. The number of nitrogens with zero attached hydrogens (tertiary/aromatic N) is 1. The molecule has 3 unspecified atom stereocenters. The average molecular weight is 359 g/mol. The summed E-state index contributed by atoms with van der Waals surface area (Å²) in [5.41, 5.74) is 0.00134. The third-order valence-electron chi connectivity index (χ3n) is 3.60. The second-order valence-electron chi connectivity index (χ2n) is 5.00. The van der Waals surface area contributed by atoms with E-state index in [1.165, 1.54) is 6.07 Å². The topological polar surface area (TPSA) is 73.6 Å². The Labute approximate surface area is 132 Å². The Kier molecular flexibility index (Phi) is 5.55. The number of nitro groups is 1.